The van der Waals surface area contributed by atoms with Crippen molar-refractivity contribution in [1.29, 1.82) is 0 Å². The van der Waals surface area contributed by atoms with Crippen molar-refractivity contribution in [1.82, 2.24) is 0 Å². The van der Waals surface area contributed by atoms with Crippen LogP contribution in [0.4, 0.5) is 0 Å². The second kappa shape index (κ2) is 11.9. The molecule has 1 saturated heterocycles. The molecule has 0 spiro atoms. The van der Waals surface area contributed by atoms with Crippen molar-refractivity contribution in [3.05, 3.63) is 48.0 Å². The van der Waals surface area contributed by atoms with E-state index in [0.29, 0.717) is 30.9 Å². The van der Waals surface area contributed by atoms with Crippen LogP contribution in [0.1, 0.15) is 76.6 Å². The molecule has 1 saturated carbocycles. The van der Waals surface area contributed by atoms with Crippen LogP contribution in [0.15, 0.2) is 42.5 Å². The normalized spacial score (nSPS) is 25.5. The molecular weight excluding hydrogens is 456 g/mol. The number of hydrogen-bond donors (Lipinski definition) is 0. The molecule has 35 heavy (non-hydrogen) atoms. The highest BCUT2D eigenvalue weighted by Gasteiger charge is 2.50. The molecule has 2 fully saturated rings. The lowest BCUT2D eigenvalue weighted by Crippen LogP contribution is -2.41. The minimum atomic E-state index is -1.85. The summed E-state index contributed by atoms with van der Waals surface area (Å²) >= 11 is 0. The molecule has 0 amide bonds. The summed E-state index contributed by atoms with van der Waals surface area (Å²) in [7, 11) is -1.85. The van der Waals surface area contributed by atoms with Crippen molar-refractivity contribution in [3.8, 4) is 0 Å². The van der Waals surface area contributed by atoms with Gasteiger partial charge in [-0.3, -0.25) is 4.79 Å². The van der Waals surface area contributed by atoms with Gasteiger partial charge in [0.05, 0.1) is 12.0 Å². The first-order valence-corrected chi connectivity index (χ1v) is 16.2. The molecule has 1 aliphatic heterocycles. The number of carbonyl (C=O) groups excluding carboxylic acids is 2. The first-order valence-electron chi connectivity index (χ1n) is 13.3. The van der Waals surface area contributed by atoms with Crippen LogP contribution < -0.4 is 0 Å². The van der Waals surface area contributed by atoms with Crippen LogP contribution in [0, 0.1) is 17.8 Å². The highest BCUT2D eigenvalue weighted by Crippen LogP contribution is 2.44. The number of rotatable bonds is 11. The van der Waals surface area contributed by atoms with Crippen LogP contribution in [-0.4, -0.2) is 39.1 Å². The maximum atomic E-state index is 12.8. The molecule has 2 aliphatic rings. The molecule has 0 radical (unpaired) electrons. The number of ether oxygens (including phenoxy) is 2. The summed E-state index contributed by atoms with van der Waals surface area (Å²) in [5, 5.41) is 0.168. The van der Waals surface area contributed by atoms with Crippen molar-refractivity contribution in [2.45, 2.75) is 96.6 Å². The van der Waals surface area contributed by atoms with Gasteiger partial charge >= 0.3 is 11.9 Å². The fraction of sp³-hybridized carbons (Fsp3) is 0.655. The minimum Gasteiger partial charge on any atom is -0.462 e. The molecule has 1 heterocycles. The van der Waals surface area contributed by atoms with Crippen LogP contribution in [0.3, 0.4) is 0 Å². The predicted molar refractivity (Wildman–Crippen MR) is 142 cm³/mol. The van der Waals surface area contributed by atoms with Crippen LogP contribution in [0.5, 0.6) is 0 Å². The molecule has 0 N–H and O–H groups in total. The van der Waals surface area contributed by atoms with E-state index in [1.807, 2.05) is 18.2 Å². The summed E-state index contributed by atoms with van der Waals surface area (Å²) in [4.78, 5) is 24.8. The number of esters is 2. The van der Waals surface area contributed by atoms with Gasteiger partial charge in [0, 0.05) is 24.9 Å². The van der Waals surface area contributed by atoms with Crippen molar-refractivity contribution in [3.63, 3.8) is 0 Å². The average molecular weight is 501 g/mol. The Bertz CT molecular complexity index is 873. The molecule has 1 aliphatic carbocycles. The van der Waals surface area contributed by atoms with Gasteiger partial charge in [-0.1, -0.05) is 77.3 Å². The van der Waals surface area contributed by atoms with Gasteiger partial charge in [0.25, 0.3) is 0 Å². The van der Waals surface area contributed by atoms with E-state index >= 15 is 0 Å². The fourth-order valence-corrected chi connectivity index (χ4v) is 5.84. The van der Waals surface area contributed by atoms with Gasteiger partial charge in [0.15, 0.2) is 8.32 Å². The zero-order chi connectivity index (χ0) is 25.6. The van der Waals surface area contributed by atoms with Gasteiger partial charge in [0.2, 0.25) is 0 Å². The van der Waals surface area contributed by atoms with E-state index in [-0.39, 0.29) is 41.0 Å². The Hall–Kier alpha value is -1.92. The van der Waals surface area contributed by atoms with Gasteiger partial charge in [-0.05, 0) is 42.6 Å². The van der Waals surface area contributed by atoms with E-state index in [0.717, 1.165) is 12.8 Å². The Kier molecular flexibility index (Phi) is 9.38. The zero-order valence-corrected chi connectivity index (χ0v) is 23.4. The third-order valence-electron chi connectivity index (χ3n) is 8.07. The molecule has 3 rings (SSSR count). The monoisotopic (exact) mass is 500 g/mol. The Labute approximate surface area is 212 Å². The predicted octanol–water partition coefficient (Wildman–Crippen LogP) is 6.94. The zero-order valence-electron chi connectivity index (χ0n) is 22.4. The summed E-state index contributed by atoms with van der Waals surface area (Å²) < 4.78 is 18.1. The number of fused-ring (bicyclic) bond motifs is 1. The van der Waals surface area contributed by atoms with Crippen LogP contribution in [0.25, 0.3) is 0 Å². The second-order valence-corrected chi connectivity index (χ2v) is 16.5. The summed E-state index contributed by atoms with van der Waals surface area (Å²) in [6, 6.07) is 9.09. The van der Waals surface area contributed by atoms with Crippen LogP contribution >= 0.6 is 0 Å². The lowest BCUT2D eigenvalue weighted by molar-refractivity contribution is -0.141. The van der Waals surface area contributed by atoms with Gasteiger partial charge in [-0.2, -0.15) is 0 Å². The van der Waals surface area contributed by atoms with E-state index in [2.05, 4.69) is 52.9 Å². The third-order valence-corrected chi connectivity index (χ3v) is 12.6. The van der Waals surface area contributed by atoms with Crippen molar-refractivity contribution < 1.29 is 23.5 Å². The summed E-state index contributed by atoms with van der Waals surface area (Å²) in [6.45, 7) is 14.3. The maximum Gasteiger partial charge on any atom is 0.338 e. The van der Waals surface area contributed by atoms with Gasteiger partial charge < -0.3 is 13.9 Å². The summed E-state index contributed by atoms with van der Waals surface area (Å²) in [5.74, 6) is -0.128. The first kappa shape index (κ1) is 27.7. The Balaban J connectivity index is 1.74. The standard InChI is InChI=1S/C29H44O5Si/c1-7-8-10-13-21(20-32-35(5,6)29(2,3)4)16-17-23-24-18-27(30)33-26(24)19-25(23)34-28(31)22-14-11-9-12-15-22/h9,11-12,14-17,21,23-26H,7-8,10,13,18-20H2,1-6H3/b17-16+/t21-,23+,24+,25+,26-/m0/s1. The smallest absolute Gasteiger partial charge is 0.338 e. The molecule has 5 nitrogen and oxygen atoms in total. The third kappa shape index (κ3) is 7.29. The maximum absolute atomic E-state index is 12.8. The van der Waals surface area contributed by atoms with E-state index in [9.17, 15) is 9.59 Å². The lowest BCUT2D eigenvalue weighted by Gasteiger charge is -2.37. The SMILES string of the molecule is CCCCC[C@@H](/C=C/[C@@H]1[C@H]2CC(=O)O[C@H]2C[C@H]1OC(=O)c1ccccc1)CO[Si](C)(C)C(C)(C)C. The number of unbranched alkanes of at least 4 members (excludes halogenated alkanes) is 2. The summed E-state index contributed by atoms with van der Waals surface area (Å²) in [6.07, 6.45) is 9.57. The largest absolute Gasteiger partial charge is 0.462 e. The van der Waals surface area contributed by atoms with Gasteiger partial charge in [-0.25, -0.2) is 4.79 Å². The number of hydrogen-bond acceptors (Lipinski definition) is 5. The van der Waals surface area contributed by atoms with Crippen molar-refractivity contribution in [2.75, 3.05) is 6.61 Å². The van der Waals surface area contributed by atoms with Gasteiger partial charge in [0.1, 0.15) is 12.2 Å². The molecule has 0 bridgehead atoms. The van der Waals surface area contributed by atoms with Crippen molar-refractivity contribution in [2.24, 2.45) is 17.8 Å². The Morgan fingerprint density at radius 2 is 1.91 bits per heavy atom. The quantitative estimate of drug-likeness (QED) is 0.143. The highest BCUT2D eigenvalue weighted by molar-refractivity contribution is 6.74. The summed E-state index contributed by atoms with van der Waals surface area (Å²) in [5.41, 5.74) is 0.546. The van der Waals surface area contributed by atoms with Crippen LogP contribution in [0.2, 0.25) is 18.1 Å². The van der Waals surface area contributed by atoms with E-state index in [4.69, 9.17) is 13.9 Å². The second-order valence-electron chi connectivity index (χ2n) is 11.7. The van der Waals surface area contributed by atoms with E-state index in [1.165, 1.54) is 12.8 Å². The Morgan fingerprint density at radius 3 is 2.57 bits per heavy atom. The lowest BCUT2D eigenvalue weighted by atomic mass is 9.90. The molecule has 194 valence electrons. The highest BCUT2D eigenvalue weighted by atomic mass is 28.4. The molecule has 0 aromatic heterocycles. The molecule has 6 heteroatoms. The number of carbonyl (C=O) groups is 2. The first-order chi connectivity index (χ1) is 16.5. The molecule has 5 atom stereocenters. The molecule has 1 aromatic rings. The topological polar surface area (TPSA) is 61.8 Å². The molecule has 0 unspecified atom stereocenters. The van der Waals surface area contributed by atoms with Gasteiger partial charge in [-0.15, -0.1) is 0 Å². The molecule has 1 aromatic carbocycles. The number of benzene rings is 1. The van der Waals surface area contributed by atoms with Crippen LogP contribution in [-0.2, 0) is 18.7 Å². The van der Waals surface area contributed by atoms with E-state index < -0.39 is 8.32 Å². The molecular formula is C29H44O5Si. The minimum absolute atomic E-state index is 0.0272. The average Bonchev–Trinajstić information content (AvgIpc) is 3.30. The Morgan fingerprint density at radius 1 is 1.20 bits per heavy atom. The fourth-order valence-electron chi connectivity index (χ4n) is 4.78. The van der Waals surface area contributed by atoms with E-state index in [1.54, 1.807) is 12.1 Å². The van der Waals surface area contributed by atoms with Crippen molar-refractivity contribution >= 4 is 20.3 Å².